The van der Waals surface area contributed by atoms with Crippen LogP contribution in [0.5, 0.6) is 11.5 Å². The number of phenolic OH excluding ortho intramolecular Hbond substituents is 1. The van der Waals surface area contributed by atoms with E-state index in [9.17, 15) is 13.5 Å². The summed E-state index contributed by atoms with van der Waals surface area (Å²) in [6.45, 7) is 1.90. The minimum absolute atomic E-state index is 0.00299. The summed E-state index contributed by atoms with van der Waals surface area (Å²) in [5.41, 5.74) is 3.00. The van der Waals surface area contributed by atoms with Crippen LogP contribution in [-0.4, -0.2) is 30.8 Å². The molecule has 3 aromatic carbocycles. The van der Waals surface area contributed by atoms with Gasteiger partial charge in [0.2, 0.25) is 0 Å². The van der Waals surface area contributed by atoms with Gasteiger partial charge >= 0.3 is 0 Å². The van der Waals surface area contributed by atoms with Crippen LogP contribution in [-0.2, 0) is 10.0 Å². The van der Waals surface area contributed by atoms with Crippen molar-refractivity contribution in [2.75, 3.05) is 7.11 Å². The monoisotopic (exact) mass is 456 g/mol. The van der Waals surface area contributed by atoms with Crippen molar-refractivity contribution in [3.8, 4) is 11.5 Å². The number of rotatable bonds is 5. The summed E-state index contributed by atoms with van der Waals surface area (Å²) >= 11 is 6.03. The van der Waals surface area contributed by atoms with Gasteiger partial charge in [-0.3, -0.25) is 0 Å². The van der Waals surface area contributed by atoms with Crippen LogP contribution in [0.25, 0.3) is 0 Å². The van der Waals surface area contributed by atoms with Crippen LogP contribution in [0.3, 0.4) is 0 Å². The van der Waals surface area contributed by atoms with Gasteiger partial charge in [-0.2, -0.15) is 17.9 Å². The second kappa shape index (κ2) is 8.24. The van der Waals surface area contributed by atoms with Crippen molar-refractivity contribution in [1.82, 2.24) is 4.41 Å². The molecule has 8 heteroatoms. The minimum atomic E-state index is -3.90. The average molecular weight is 457 g/mol. The van der Waals surface area contributed by atoms with Crippen LogP contribution in [0.15, 0.2) is 76.7 Å². The van der Waals surface area contributed by atoms with E-state index in [2.05, 4.69) is 5.10 Å². The topological polar surface area (TPSA) is 79.2 Å². The Balaban J connectivity index is 1.80. The predicted molar refractivity (Wildman–Crippen MR) is 120 cm³/mol. The lowest BCUT2D eigenvalue weighted by Crippen LogP contribution is -2.27. The van der Waals surface area contributed by atoms with Gasteiger partial charge in [-0.25, -0.2) is 0 Å². The Bertz CT molecular complexity index is 1240. The number of aromatic hydroxyl groups is 1. The molecule has 0 amide bonds. The number of hydrogen-bond acceptors (Lipinski definition) is 5. The van der Waals surface area contributed by atoms with Crippen LogP contribution in [0.4, 0.5) is 0 Å². The lowest BCUT2D eigenvalue weighted by molar-refractivity contribution is 0.371. The van der Waals surface area contributed by atoms with Crippen molar-refractivity contribution in [1.29, 1.82) is 0 Å². The van der Waals surface area contributed by atoms with E-state index in [1.165, 1.54) is 13.2 Å². The fourth-order valence-corrected chi connectivity index (χ4v) is 5.05. The summed E-state index contributed by atoms with van der Waals surface area (Å²) in [4.78, 5) is 0.172. The Hall–Kier alpha value is -3.03. The third kappa shape index (κ3) is 4.11. The van der Waals surface area contributed by atoms with Crippen molar-refractivity contribution in [3.63, 3.8) is 0 Å². The molecule has 1 atom stereocenters. The van der Waals surface area contributed by atoms with Crippen molar-refractivity contribution >= 4 is 27.3 Å². The van der Waals surface area contributed by atoms with Crippen LogP contribution >= 0.6 is 11.6 Å². The fourth-order valence-electron chi connectivity index (χ4n) is 3.49. The van der Waals surface area contributed by atoms with Gasteiger partial charge in [0.25, 0.3) is 10.0 Å². The molecule has 1 N–H and O–H groups in total. The molecule has 1 unspecified atom stereocenters. The SMILES string of the molecule is COc1cc(C2=NN(S(=O)(=O)c3ccc(C)cc3)C(c3ccc(Cl)cc3)C2)ccc1O. The molecular formula is C23H21ClN2O4S. The van der Waals surface area contributed by atoms with Gasteiger partial charge in [-0.15, -0.1) is 0 Å². The maximum absolute atomic E-state index is 13.5. The first-order chi connectivity index (χ1) is 14.8. The molecule has 1 aliphatic heterocycles. The number of ether oxygens (including phenoxy) is 1. The summed E-state index contributed by atoms with van der Waals surface area (Å²) < 4.78 is 33.3. The highest BCUT2D eigenvalue weighted by molar-refractivity contribution is 7.89. The molecule has 0 fully saturated rings. The Morgan fingerprint density at radius 3 is 2.39 bits per heavy atom. The number of aryl methyl sites for hydroxylation is 1. The maximum Gasteiger partial charge on any atom is 0.279 e. The number of benzene rings is 3. The standard InChI is InChI=1S/C23H21ClN2O4S/c1-15-3-10-19(11-4-15)31(28,29)26-21(16-5-8-18(24)9-6-16)14-20(25-26)17-7-12-22(27)23(13-17)30-2/h3-13,21,27H,14H2,1-2H3. The first-order valence-corrected chi connectivity index (χ1v) is 11.4. The van der Waals surface area contributed by atoms with Gasteiger partial charge in [-0.05, 0) is 55.0 Å². The minimum Gasteiger partial charge on any atom is -0.504 e. The van der Waals surface area contributed by atoms with E-state index in [1.807, 2.05) is 6.92 Å². The molecule has 0 aromatic heterocycles. The van der Waals surface area contributed by atoms with Gasteiger partial charge < -0.3 is 9.84 Å². The number of halogens is 1. The second-order valence-corrected chi connectivity index (χ2v) is 9.53. The van der Waals surface area contributed by atoms with E-state index in [-0.39, 0.29) is 10.6 Å². The highest BCUT2D eigenvalue weighted by atomic mass is 35.5. The van der Waals surface area contributed by atoms with E-state index >= 15 is 0 Å². The van der Waals surface area contributed by atoms with Crippen LogP contribution in [0.1, 0.15) is 29.2 Å². The summed E-state index contributed by atoms with van der Waals surface area (Å²) in [7, 11) is -2.44. The number of hydrazone groups is 1. The summed E-state index contributed by atoms with van der Waals surface area (Å²) in [6, 6.07) is 18.1. The predicted octanol–water partition coefficient (Wildman–Crippen LogP) is 4.90. The summed E-state index contributed by atoms with van der Waals surface area (Å²) in [6.07, 6.45) is 0.362. The summed E-state index contributed by atoms with van der Waals surface area (Å²) in [5, 5.41) is 15.0. The molecule has 6 nitrogen and oxygen atoms in total. The lowest BCUT2D eigenvalue weighted by Gasteiger charge is -2.23. The Labute approximate surface area is 186 Å². The highest BCUT2D eigenvalue weighted by Gasteiger charge is 2.37. The largest absolute Gasteiger partial charge is 0.504 e. The zero-order valence-corrected chi connectivity index (χ0v) is 18.6. The van der Waals surface area contributed by atoms with Crippen LogP contribution < -0.4 is 4.74 Å². The van der Waals surface area contributed by atoms with E-state index in [1.54, 1.807) is 60.7 Å². The fraction of sp³-hybridized carbons (Fsp3) is 0.174. The Morgan fingerprint density at radius 1 is 1.06 bits per heavy atom. The number of phenols is 1. The first-order valence-electron chi connectivity index (χ1n) is 9.61. The van der Waals surface area contributed by atoms with Gasteiger partial charge in [-0.1, -0.05) is 41.4 Å². The zero-order valence-electron chi connectivity index (χ0n) is 17.0. The first kappa shape index (κ1) is 21.2. The maximum atomic E-state index is 13.5. The van der Waals surface area contributed by atoms with Gasteiger partial charge in [0.05, 0.1) is 23.8 Å². The number of nitrogens with zero attached hydrogens (tertiary/aromatic N) is 2. The number of hydrogen-bond donors (Lipinski definition) is 1. The second-order valence-electron chi connectivity index (χ2n) is 7.30. The van der Waals surface area contributed by atoms with Crippen molar-refractivity contribution in [2.24, 2.45) is 5.10 Å². The zero-order chi connectivity index (χ0) is 22.2. The number of sulfonamides is 1. The van der Waals surface area contributed by atoms with Crippen molar-refractivity contribution in [3.05, 3.63) is 88.4 Å². The molecule has 0 bridgehead atoms. The van der Waals surface area contributed by atoms with E-state index < -0.39 is 16.1 Å². The molecule has 0 spiro atoms. The molecule has 1 aliphatic rings. The molecule has 3 aromatic rings. The molecule has 160 valence electrons. The molecule has 0 radical (unpaired) electrons. The number of methoxy groups -OCH3 is 1. The quantitative estimate of drug-likeness (QED) is 0.592. The smallest absolute Gasteiger partial charge is 0.279 e. The molecule has 0 saturated heterocycles. The average Bonchev–Trinajstić information content (AvgIpc) is 3.21. The molecule has 1 heterocycles. The molecule has 31 heavy (non-hydrogen) atoms. The van der Waals surface area contributed by atoms with Crippen LogP contribution in [0.2, 0.25) is 5.02 Å². The summed E-state index contributed by atoms with van der Waals surface area (Å²) in [5.74, 6) is 0.298. The third-order valence-corrected chi connectivity index (χ3v) is 7.15. The normalized spacial score (nSPS) is 16.3. The molecule has 0 saturated carbocycles. The molecule has 0 aliphatic carbocycles. The van der Waals surface area contributed by atoms with Crippen molar-refractivity contribution in [2.45, 2.75) is 24.3 Å². The Morgan fingerprint density at radius 2 is 1.74 bits per heavy atom. The lowest BCUT2D eigenvalue weighted by atomic mass is 9.99. The third-order valence-electron chi connectivity index (χ3n) is 5.21. The van der Waals surface area contributed by atoms with Crippen molar-refractivity contribution < 1.29 is 18.3 Å². The Kier molecular flexibility index (Phi) is 5.64. The molecular weight excluding hydrogens is 436 g/mol. The van der Waals surface area contributed by atoms with Gasteiger partial charge in [0, 0.05) is 17.0 Å². The van der Waals surface area contributed by atoms with E-state index in [0.29, 0.717) is 28.5 Å². The van der Waals surface area contributed by atoms with Crippen LogP contribution in [0, 0.1) is 6.92 Å². The van der Waals surface area contributed by atoms with Gasteiger partial charge in [0.15, 0.2) is 11.5 Å². The van der Waals surface area contributed by atoms with Gasteiger partial charge in [0.1, 0.15) is 0 Å². The highest BCUT2D eigenvalue weighted by Crippen LogP contribution is 2.38. The molecule has 4 rings (SSSR count). The van der Waals surface area contributed by atoms with E-state index in [0.717, 1.165) is 15.5 Å². The van der Waals surface area contributed by atoms with E-state index in [4.69, 9.17) is 16.3 Å².